The van der Waals surface area contributed by atoms with Crippen LogP contribution in [0.15, 0.2) is 36.8 Å². The number of hydrogen-bond acceptors (Lipinski definition) is 5. The molecule has 22 heavy (non-hydrogen) atoms. The molecule has 0 amide bonds. The summed E-state index contributed by atoms with van der Waals surface area (Å²) in [5.41, 5.74) is 1.23. The molecule has 2 fully saturated rings. The van der Waals surface area contributed by atoms with Crippen molar-refractivity contribution in [3.05, 3.63) is 42.5 Å². The Hall–Kier alpha value is -2.17. The molecule has 2 aliphatic rings. The maximum Gasteiger partial charge on any atom is 0.132 e. The van der Waals surface area contributed by atoms with Crippen LogP contribution >= 0.6 is 0 Å². The minimum absolute atomic E-state index is 0.663. The van der Waals surface area contributed by atoms with Gasteiger partial charge in [0.25, 0.3) is 0 Å². The Labute approximate surface area is 131 Å². The Balaban J connectivity index is 1.43. The molecule has 114 valence electrons. The van der Waals surface area contributed by atoms with Crippen LogP contribution in [0.4, 0.5) is 11.6 Å². The number of anilines is 2. The zero-order valence-corrected chi connectivity index (χ0v) is 12.7. The summed E-state index contributed by atoms with van der Waals surface area (Å²) in [5, 5.41) is 0. The summed E-state index contributed by atoms with van der Waals surface area (Å²) in [5.74, 6) is 2.81. The van der Waals surface area contributed by atoms with Gasteiger partial charge in [0, 0.05) is 50.1 Å². The molecule has 1 aliphatic carbocycles. The van der Waals surface area contributed by atoms with E-state index in [1.54, 1.807) is 6.33 Å². The Bertz CT molecular complexity index is 618. The average Bonchev–Trinajstić information content (AvgIpc) is 2.55. The lowest BCUT2D eigenvalue weighted by Crippen LogP contribution is -2.47. The van der Waals surface area contributed by atoms with E-state index in [0.717, 1.165) is 37.8 Å². The van der Waals surface area contributed by atoms with Gasteiger partial charge in [-0.1, -0.05) is 12.5 Å². The van der Waals surface area contributed by atoms with Crippen molar-refractivity contribution in [3.63, 3.8) is 0 Å². The lowest BCUT2D eigenvalue weighted by molar-refractivity contribution is 0.410. The Kier molecular flexibility index (Phi) is 3.62. The second-order valence-electron chi connectivity index (χ2n) is 6.09. The molecule has 0 N–H and O–H groups in total. The quantitative estimate of drug-likeness (QED) is 0.870. The fourth-order valence-electron chi connectivity index (χ4n) is 3.17. The molecule has 0 radical (unpaired) electrons. The van der Waals surface area contributed by atoms with E-state index in [-0.39, 0.29) is 0 Å². The van der Waals surface area contributed by atoms with E-state index in [2.05, 4.69) is 36.9 Å². The lowest BCUT2D eigenvalue weighted by Gasteiger charge is -2.36. The zero-order chi connectivity index (χ0) is 14.8. The van der Waals surface area contributed by atoms with Crippen LogP contribution in [0.1, 0.15) is 30.9 Å². The van der Waals surface area contributed by atoms with Gasteiger partial charge in [0.2, 0.25) is 0 Å². The van der Waals surface area contributed by atoms with Crippen molar-refractivity contribution in [2.24, 2.45) is 0 Å². The maximum absolute atomic E-state index is 4.48. The number of nitrogens with zero attached hydrogens (tertiary/aromatic N) is 5. The molecule has 0 spiro atoms. The van der Waals surface area contributed by atoms with Crippen molar-refractivity contribution >= 4 is 11.6 Å². The van der Waals surface area contributed by atoms with Crippen LogP contribution in [0, 0.1) is 0 Å². The first-order chi connectivity index (χ1) is 10.9. The molecule has 2 aromatic rings. The zero-order valence-electron chi connectivity index (χ0n) is 12.7. The van der Waals surface area contributed by atoms with E-state index < -0.39 is 0 Å². The van der Waals surface area contributed by atoms with Crippen LogP contribution in [-0.4, -0.2) is 41.1 Å². The van der Waals surface area contributed by atoms with E-state index in [1.165, 1.54) is 25.0 Å². The van der Waals surface area contributed by atoms with Crippen molar-refractivity contribution < 1.29 is 0 Å². The van der Waals surface area contributed by atoms with Gasteiger partial charge in [-0.25, -0.2) is 15.0 Å². The summed E-state index contributed by atoms with van der Waals surface area (Å²) in [6.07, 6.45) is 7.49. The third-order valence-corrected chi connectivity index (χ3v) is 4.77. The first-order valence-corrected chi connectivity index (χ1v) is 8.13. The fraction of sp³-hybridized carbons (Fsp3) is 0.471. The second kappa shape index (κ2) is 5.91. The monoisotopic (exact) mass is 295 g/mol. The molecular weight excluding hydrogens is 274 g/mol. The highest BCUT2D eigenvalue weighted by Gasteiger charge is 2.23. The van der Waals surface area contributed by atoms with E-state index in [9.17, 15) is 0 Å². The van der Waals surface area contributed by atoms with E-state index in [1.807, 2.05) is 18.3 Å². The predicted molar refractivity (Wildman–Crippen MR) is 87.3 cm³/mol. The number of rotatable bonds is 3. The largest absolute Gasteiger partial charge is 0.353 e. The highest BCUT2D eigenvalue weighted by atomic mass is 15.3. The second-order valence-corrected chi connectivity index (χ2v) is 6.09. The van der Waals surface area contributed by atoms with Crippen LogP contribution in [-0.2, 0) is 0 Å². The van der Waals surface area contributed by atoms with E-state index in [0.29, 0.717) is 5.92 Å². The van der Waals surface area contributed by atoms with Gasteiger partial charge in [0.15, 0.2) is 0 Å². The SMILES string of the molecule is c1ccc(N2CCN(c3cc(C4CCC4)ncn3)CC2)nc1. The minimum Gasteiger partial charge on any atom is -0.353 e. The Morgan fingerprint density at radius 1 is 0.864 bits per heavy atom. The summed E-state index contributed by atoms with van der Waals surface area (Å²) < 4.78 is 0. The summed E-state index contributed by atoms with van der Waals surface area (Å²) in [7, 11) is 0. The number of aromatic nitrogens is 3. The lowest BCUT2D eigenvalue weighted by atomic mass is 9.83. The minimum atomic E-state index is 0.663. The van der Waals surface area contributed by atoms with Gasteiger partial charge in [0.1, 0.15) is 18.0 Å². The third kappa shape index (κ3) is 2.63. The standard InChI is InChI=1S/C17H21N5/c1-2-7-18-16(6-1)21-8-10-22(11-9-21)17-12-15(19-13-20-17)14-4-3-5-14/h1-2,6-7,12-14H,3-5,8-11H2. The number of pyridine rings is 1. The van der Waals surface area contributed by atoms with Gasteiger partial charge >= 0.3 is 0 Å². The molecule has 0 unspecified atom stereocenters. The summed E-state index contributed by atoms with van der Waals surface area (Å²) in [4.78, 5) is 18.1. The van der Waals surface area contributed by atoms with Gasteiger partial charge in [-0.15, -0.1) is 0 Å². The molecule has 1 saturated heterocycles. The van der Waals surface area contributed by atoms with Crippen LogP contribution in [0.5, 0.6) is 0 Å². The molecule has 1 aliphatic heterocycles. The van der Waals surface area contributed by atoms with Crippen LogP contribution in [0.3, 0.4) is 0 Å². The normalized spacial score (nSPS) is 19.1. The maximum atomic E-state index is 4.48. The van der Waals surface area contributed by atoms with Gasteiger partial charge in [-0.2, -0.15) is 0 Å². The van der Waals surface area contributed by atoms with Crippen LogP contribution in [0.2, 0.25) is 0 Å². The van der Waals surface area contributed by atoms with Crippen molar-refractivity contribution in [2.75, 3.05) is 36.0 Å². The molecular formula is C17H21N5. The van der Waals surface area contributed by atoms with Gasteiger partial charge in [-0.05, 0) is 25.0 Å². The molecule has 0 aromatic carbocycles. The van der Waals surface area contributed by atoms with Crippen LogP contribution < -0.4 is 9.80 Å². The van der Waals surface area contributed by atoms with E-state index >= 15 is 0 Å². The summed E-state index contributed by atoms with van der Waals surface area (Å²) in [6, 6.07) is 8.28. The van der Waals surface area contributed by atoms with Crippen molar-refractivity contribution in [3.8, 4) is 0 Å². The molecule has 5 nitrogen and oxygen atoms in total. The molecule has 3 heterocycles. The smallest absolute Gasteiger partial charge is 0.132 e. The van der Waals surface area contributed by atoms with E-state index in [4.69, 9.17) is 0 Å². The average molecular weight is 295 g/mol. The first-order valence-electron chi connectivity index (χ1n) is 8.13. The van der Waals surface area contributed by atoms with Gasteiger partial charge in [0.05, 0.1) is 0 Å². The first kappa shape index (κ1) is 13.5. The molecule has 0 atom stereocenters. The summed E-state index contributed by atoms with van der Waals surface area (Å²) >= 11 is 0. The van der Waals surface area contributed by atoms with Crippen LogP contribution in [0.25, 0.3) is 0 Å². The molecule has 5 heteroatoms. The number of hydrogen-bond donors (Lipinski definition) is 0. The molecule has 1 saturated carbocycles. The summed E-state index contributed by atoms with van der Waals surface area (Å²) in [6.45, 7) is 3.94. The predicted octanol–water partition coefficient (Wildman–Crippen LogP) is 2.47. The van der Waals surface area contributed by atoms with Gasteiger partial charge < -0.3 is 9.80 Å². The Morgan fingerprint density at radius 3 is 2.27 bits per heavy atom. The number of piperazine rings is 1. The molecule has 4 rings (SSSR count). The molecule has 0 bridgehead atoms. The third-order valence-electron chi connectivity index (χ3n) is 4.77. The van der Waals surface area contributed by atoms with Crippen molar-refractivity contribution in [1.29, 1.82) is 0 Å². The van der Waals surface area contributed by atoms with Crippen molar-refractivity contribution in [2.45, 2.75) is 25.2 Å². The highest BCUT2D eigenvalue weighted by molar-refractivity contribution is 5.45. The topological polar surface area (TPSA) is 45.2 Å². The Morgan fingerprint density at radius 2 is 1.64 bits per heavy atom. The fourth-order valence-corrected chi connectivity index (χ4v) is 3.17. The van der Waals surface area contributed by atoms with Gasteiger partial charge in [-0.3, -0.25) is 0 Å². The highest BCUT2D eigenvalue weighted by Crippen LogP contribution is 2.35. The molecule has 2 aromatic heterocycles. The van der Waals surface area contributed by atoms with Crippen molar-refractivity contribution in [1.82, 2.24) is 15.0 Å².